The fraction of sp³-hybridized carbons (Fsp3) is 0.381. The molecule has 0 spiro atoms. The predicted octanol–water partition coefficient (Wildman–Crippen LogP) is 1.71. The number of likely N-dealkylation sites (tertiary alicyclic amines) is 1. The summed E-state index contributed by atoms with van der Waals surface area (Å²) < 4.78 is 29.2. The van der Waals surface area contributed by atoms with Crippen LogP contribution in [0.2, 0.25) is 0 Å². The zero-order valence-electron chi connectivity index (χ0n) is 15.8. The SMILES string of the molecule is CS(=O)(=O)c1ccc(CN2CC[C@@]3(c4ccccc4)NC(=O)CO[C@@H]3C2)cc1. The minimum Gasteiger partial charge on any atom is -0.364 e. The Hall–Kier alpha value is -2.22. The Bertz CT molecular complexity index is 960. The number of nitrogens with one attached hydrogen (secondary N) is 1. The lowest BCUT2D eigenvalue weighted by Gasteiger charge is -2.50. The molecule has 0 saturated carbocycles. The van der Waals surface area contributed by atoms with Crippen molar-refractivity contribution >= 4 is 15.7 Å². The van der Waals surface area contributed by atoms with E-state index in [1.54, 1.807) is 12.1 Å². The van der Waals surface area contributed by atoms with Crippen LogP contribution < -0.4 is 5.32 Å². The number of piperidine rings is 1. The fourth-order valence-electron chi connectivity index (χ4n) is 4.16. The Kier molecular flexibility index (Phi) is 4.99. The summed E-state index contributed by atoms with van der Waals surface area (Å²) in [6, 6.07) is 17.0. The maximum atomic E-state index is 12.1. The highest BCUT2D eigenvalue weighted by atomic mass is 32.2. The first-order chi connectivity index (χ1) is 13.4. The van der Waals surface area contributed by atoms with Crippen LogP contribution in [0.1, 0.15) is 17.5 Å². The fourth-order valence-corrected chi connectivity index (χ4v) is 4.79. The first kappa shape index (κ1) is 19.1. The number of ether oxygens (including phenoxy) is 1. The maximum absolute atomic E-state index is 12.1. The molecule has 0 unspecified atom stereocenters. The first-order valence-corrected chi connectivity index (χ1v) is 11.3. The largest absolute Gasteiger partial charge is 0.364 e. The van der Waals surface area contributed by atoms with Gasteiger partial charge in [0.2, 0.25) is 5.91 Å². The van der Waals surface area contributed by atoms with Gasteiger partial charge in [-0.25, -0.2) is 8.42 Å². The van der Waals surface area contributed by atoms with E-state index in [0.717, 1.165) is 24.1 Å². The lowest BCUT2D eigenvalue weighted by Crippen LogP contribution is -2.66. The number of nitrogens with zero attached hydrogens (tertiary/aromatic N) is 1. The van der Waals surface area contributed by atoms with Crippen LogP contribution in [0, 0.1) is 0 Å². The zero-order chi connectivity index (χ0) is 19.8. The van der Waals surface area contributed by atoms with Crippen LogP contribution in [0.15, 0.2) is 59.5 Å². The molecule has 28 heavy (non-hydrogen) atoms. The van der Waals surface area contributed by atoms with Gasteiger partial charge < -0.3 is 10.1 Å². The second-order valence-corrected chi connectivity index (χ2v) is 9.60. The molecular weight excluding hydrogens is 376 g/mol. The second-order valence-electron chi connectivity index (χ2n) is 7.59. The van der Waals surface area contributed by atoms with E-state index in [9.17, 15) is 13.2 Å². The van der Waals surface area contributed by atoms with Crippen molar-refractivity contribution in [2.75, 3.05) is 26.0 Å². The van der Waals surface area contributed by atoms with Crippen LogP contribution >= 0.6 is 0 Å². The average molecular weight is 401 g/mol. The average Bonchev–Trinajstić information content (AvgIpc) is 2.68. The number of carbonyl (C=O) groups is 1. The van der Waals surface area contributed by atoms with E-state index in [0.29, 0.717) is 18.0 Å². The quantitative estimate of drug-likeness (QED) is 0.846. The first-order valence-electron chi connectivity index (χ1n) is 9.36. The van der Waals surface area contributed by atoms with Crippen molar-refractivity contribution < 1.29 is 17.9 Å². The van der Waals surface area contributed by atoms with Gasteiger partial charge in [-0.05, 0) is 29.7 Å². The van der Waals surface area contributed by atoms with Gasteiger partial charge in [0.05, 0.1) is 16.5 Å². The summed E-state index contributed by atoms with van der Waals surface area (Å²) in [5, 5.41) is 3.20. The molecule has 148 valence electrons. The summed E-state index contributed by atoms with van der Waals surface area (Å²) in [6.45, 7) is 2.30. The molecule has 6 nitrogen and oxygen atoms in total. The molecule has 2 aliphatic heterocycles. The molecule has 2 heterocycles. The Morgan fingerprint density at radius 1 is 1.14 bits per heavy atom. The number of sulfone groups is 1. The molecule has 2 aromatic carbocycles. The van der Waals surface area contributed by atoms with Crippen molar-refractivity contribution in [1.82, 2.24) is 10.2 Å². The van der Waals surface area contributed by atoms with Crippen molar-refractivity contribution in [3.8, 4) is 0 Å². The maximum Gasteiger partial charge on any atom is 0.246 e. The highest BCUT2D eigenvalue weighted by Crippen LogP contribution is 2.37. The van der Waals surface area contributed by atoms with E-state index in [1.807, 2.05) is 42.5 Å². The number of rotatable bonds is 4. The molecule has 1 N–H and O–H groups in total. The molecular formula is C21H24N2O4S. The third-order valence-corrected chi connectivity index (χ3v) is 6.75. The Morgan fingerprint density at radius 3 is 2.54 bits per heavy atom. The normalized spacial score (nSPS) is 25.8. The molecule has 7 heteroatoms. The minimum absolute atomic E-state index is 0.0788. The summed E-state index contributed by atoms with van der Waals surface area (Å²) in [7, 11) is -3.19. The van der Waals surface area contributed by atoms with Gasteiger partial charge in [-0.3, -0.25) is 9.69 Å². The van der Waals surface area contributed by atoms with E-state index in [1.165, 1.54) is 6.26 Å². The summed E-state index contributed by atoms with van der Waals surface area (Å²) in [5.74, 6) is -0.0788. The van der Waals surface area contributed by atoms with Crippen molar-refractivity contribution in [2.45, 2.75) is 29.5 Å². The summed E-state index contributed by atoms with van der Waals surface area (Å²) in [5.41, 5.74) is 1.64. The van der Waals surface area contributed by atoms with Crippen LogP contribution in [-0.2, 0) is 31.5 Å². The number of morpholine rings is 1. The van der Waals surface area contributed by atoms with Gasteiger partial charge in [-0.1, -0.05) is 42.5 Å². The number of hydrogen-bond donors (Lipinski definition) is 1. The number of carbonyl (C=O) groups excluding carboxylic acids is 1. The van der Waals surface area contributed by atoms with E-state index < -0.39 is 15.4 Å². The Morgan fingerprint density at radius 2 is 1.86 bits per heavy atom. The smallest absolute Gasteiger partial charge is 0.246 e. The predicted molar refractivity (Wildman–Crippen MR) is 105 cm³/mol. The molecule has 0 radical (unpaired) electrons. The molecule has 1 amide bonds. The van der Waals surface area contributed by atoms with Crippen LogP contribution in [0.4, 0.5) is 0 Å². The molecule has 2 atom stereocenters. The van der Waals surface area contributed by atoms with Crippen molar-refractivity contribution in [3.63, 3.8) is 0 Å². The highest BCUT2D eigenvalue weighted by Gasteiger charge is 2.48. The van der Waals surface area contributed by atoms with E-state index >= 15 is 0 Å². The van der Waals surface area contributed by atoms with Gasteiger partial charge in [-0.15, -0.1) is 0 Å². The Labute approximate surface area is 165 Å². The molecule has 2 saturated heterocycles. The topological polar surface area (TPSA) is 75.7 Å². The van der Waals surface area contributed by atoms with Gasteiger partial charge in [0.15, 0.2) is 9.84 Å². The molecule has 0 bridgehead atoms. The number of hydrogen-bond acceptors (Lipinski definition) is 5. The van der Waals surface area contributed by atoms with E-state index in [-0.39, 0.29) is 18.6 Å². The molecule has 2 aromatic rings. The third-order valence-electron chi connectivity index (χ3n) is 5.62. The van der Waals surface area contributed by atoms with E-state index in [2.05, 4.69) is 10.2 Å². The summed E-state index contributed by atoms with van der Waals surface area (Å²) in [6.07, 6.45) is 1.84. The number of amides is 1. The zero-order valence-corrected chi connectivity index (χ0v) is 16.6. The number of benzene rings is 2. The lowest BCUT2D eigenvalue weighted by molar-refractivity contribution is -0.152. The van der Waals surface area contributed by atoms with Crippen LogP contribution in [0.3, 0.4) is 0 Å². The summed E-state index contributed by atoms with van der Waals surface area (Å²) in [4.78, 5) is 14.7. The summed E-state index contributed by atoms with van der Waals surface area (Å²) >= 11 is 0. The van der Waals surface area contributed by atoms with Crippen LogP contribution in [0.25, 0.3) is 0 Å². The van der Waals surface area contributed by atoms with Crippen molar-refractivity contribution in [3.05, 3.63) is 65.7 Å². The van der Waals surface area contributed by atoms with E-state index in [4.69, 9.17) is 4.74 Å². The molecule has 2 aliphatic rings. The molecule has 4 rings (SSSR count). The Balaban J connectivity index is 1.51. The van der Waals surface area contributed by atoms with Crippen LogP contribution in [0.5, 0.6) is 0 Å². The van der Waals surface area contributed by atoms with Crippen LogP contribution in [-0.4, -0.2) is 51.3 Å². The van der Waals surface area contributed by atoms with Gasteiger partial charge in [0, 0.05) is 25.9 Å². The highest BCUT2D eigenvalue weighted by molar-refractivity contribution is 7.90. The van der Waals surface area contributed by atoms with Crippen molar-refractivity contribution in [1.29, 1.82) is 0 Å². The monoisotopic (exact) mass is 400 g/mol. The third kappa shape index (κ3) is 3.70. The number of fused-ring (bicyclic) bond motifs is 1. The molecule has 0 aromatic heterocycles. The molecule has 0 aliphatic carbocycles. The second kappa shape index (κ2) is 7.31. The van der Waals surface area contributed by atoms with Gasteiger partial charge in [0.1, 0.15) is 6.61 Å². The van der Waals surface area contributed by atoms with Crippen molar-refractivity contribution in [2.24, 2.45) is 0 Å². The lowest BCUT2D eigenvalue weighted by atomic mass is 9.77. The molecule has 2 fully saturated rings. The van der Waals surface area contributed by atoms with Gasteiger partial charge >= 0.3 is 0 Å². The van der Waals surface area contributed by atoms with Gasteiger partial charge in [-0.2, -0.15) is 0 Å². The van der Waals surface area contributed by atoms with Gasteiger partial charge in [0.25, 0.3) is 0 Å². The minimum atomic E-state index is -3.19. The standard InChI is InChI=1S/C21H24N2O4S/c1-28(25,26)18-9-7-16(8-10-18)13-23-12-11-21(17-5-3-2-4-6-17)19(14-23)27-15-20(24)22-21/h2-10,19H,11-15H2,1H3,(H,22,24)/t19-,21+/m1/s1.